The maximum absolute atomic E-state index is 5.04. The van der Waals surface area contributed by atoms with Gasteiger partial charge in [0.15, 0.2) is 11.6 Å². The fraction of sp³-hybridized carbons (Fsp3) is 0.0204. The van der Waals surface area contributed by atoms with Crippen LogP contribution in [-0.2, 0) is 0 Å². The first-order valence-electron chi connectivity index (χ1n) is 17.7. The molecule has 0 saturated carbocycles. The van der Waals surface area contributed by atoms with Crippen LogP contribution < -0.4 is 0 Å². The zero-order valence-electron chi connectivity index (χ0n) is 29.4. The third kappa shape index (κ3) is 7.53. The van der Waals surface area contributed by atoms with E-state index in [0.717, 1.165) is 78.4 Å². The normalized spacial score (nSPS) is 11.3. The molecule has 0 aliphatic carbocycles. The van der Waals surface area contributed by atoms with Crippen molar-refractivity contribution < 1.29 is 0 Å². The van der Waals surface area contributed by atoms with Gasteiger partial charge in [0.2, 0.25) is 0 Å². The van der Waals surface area contributed by atoms with E-state index in [2.05, 4.69) is 123 Å². The average molecular weight is 681 g/mol. The predicted molar refractivity (Wildman–Crippen MR) is 219 cm³/mol. The van der Waals surface area contributed by atoms with Crippen molar-refractivity contribution in [1.82, 2.24) is 19.9 Å². The molecule has 8 aromatic rings. The molecule has 252 valence electrons. The Balaban J connectivity index is 1.12. The van der Waals surface area contributed by atoms with Crippen molar-refractivity contribution in [1.29, 1.82) is 0 Å². The van der Waals surface area contributed by atoms with Gasteiger partial charge < -0.3 is 0 Å². The second-order valence-corrected chi connectivity index (χ2v) is 12.9. The first kappa shape index (κ1) is 33.1. The summed E-state index contributed by atoms with van der Waals surface area (Å²) in [6, 6.07) is 61.8. The summed E-state index contributed by atoms with van der Waals surface area (Å²) >= 11 is 0. The lowest BCUT2D eigenvalue weighted by molar-refractivity contribution is 1.18. The molecule has 0 spiro atoms. The van der Waals surface area contributed by atoms with Crippen LogP contribution in [0.25, 0.3) is 79.0 Å². The van der Waals surface area contributed by atoms with Gasteiger partial charge in [0.05, 0.1) is 22.8 Å². The highest BCUT2D eigenvalue weighted by Gasteiger charge is 2.13. The minimum Gasteiger partial charge on any atom is -0.228 e. The molecule has 0 atom stereocenters. The summed E-state index contributed by atoms with van der Waals surface area (Å²) in [5, 5.41) is 0. The maximum Gasteiger partial charge on any atom is 0.160 e. The molecule has 6 aromatic carbocycles. The zero-order valence-corrected chi connectivity index (χ0v) is 29.4. The molecule has 53 heavy (non-hydrogen) atoms. The summed E-state index contributed by atoms with van der Waals surface area (Å²) in [6.45, 7) is 6.60. The van der Waals surface area contributed by atoms with Gasteiger partial charge in [0, 0.05) is 33.4 Å². The SMILES string of the molecule is C=C(/C=C(\C)c1cccc(-c2nc(-c3ccccc3)cc(-c3ccccc3)n2)c1)c1cccc(-c2nc(-c3ccccc3)cc(-c3ccccc3)n2)c1. The second-order valence-electron chi connectivity index (χ2n) is 12.9. The van der Waals surface area contributed by atoms with E-state index >= 15 is 0 Å². The van der Waals surface area contributed by atoms with Gasteiger partial charge in [0.25, 0.3) is 0 Å². The molecule has 4 heteroatoms. The molecule has 0 saturated heterocycles. The fourth-order valence-corrected chi connectivity index (χ4v) is 6.37. The second kappa shape index (κ2) is 15.1. The highest BCUT2D eigenvalue weighted by molar-refractivity contribution is 5.84. The highest BCUT2D eigenvalue weighted by Crippen LogP contribution is 2.32. The Morgan fingerprint density at radius 3 is 1.08 bits per heavy atom. The Bertz CT molecular complexity index is 2450. The molecule has 0 aliphatic rings. The standard InChI is InChI=1S/C49H36N4/c1-34(40-25-15-27-42(30-40)48-50-44(36-17-7-3-8-18-36)32-45(51-48)37-19-9-4-10-20-37)29-35(2)41-26-16-28-43(31-41)49-52-46(38-21-11-5-12-22-38)33-47(53-49)39-23-13-6-14-24-39/h3-33H,1H2,2H3/b35-29+. The monoisotopic (exact) mass is 680 g/mol. The van der Waals surface area contributed by atoms with Crippen LogP contribution in [0.2, 0.25) is 0 Å². The fourth-order valence-electron chi connectivity index (χ4n) is 6.37. The van der Waals surface area contributed by atoms with Gasteiger partial charge in [-0.3, -0.25) is 0 Å². The van der Waals surface area contributed by atoms with Gasteiger partial charge in [-0.2, -0.15) is 0 Å². The summed E-state index contributed by atoms with van der Waals surface area (Å²) in [5.41, 5.74) is 13.6. The minimum absolute atomic E-state index is 0.667. The van der Waals surface area contributed by atoms with Crippen LogP contribution in [0.3, 0.4) is 0 Å². The molecule has 0 fully saturated rings. The first-order chi connectivity index (χ1) is 26.1. The van der Waals surface area contributed by atoms with Crippen molar-refractivity contribution in [3.63, 3.8) is 0 Å². The number of rotatable bonds is 9. The highest BCUT2D eigenvalue weighted by atomic mass is 14.9. The summed E-state index contributed by atoms with van der Waals surface area (Å²) in [4.78, 5) is 20.1. The van der Waals surface area contributed by atoms with Crippen molar-refractivity contribution in [3.8, 4) is 67.8 Å². The van der Waals surface area contributed by atoms with E-state index in [4.69, 9.17) is 19.9 Å². The largest absolute Gasteiger partial charge is 0.228 e. The maximum atomic E-state index is 5.04. The van der Waals surface area contributed by atoms with Gasteiger partial charge in [0.1, 0.15) is 0 Å². The van der Waals surface area contributed by atoms with Crippen LogP contribution in [0.15, 0.2) is 195 Å². The van der Waals surface area contributed by atoms with Crippen LogP contribution in [0.4, 0.5) is 0 Å². The van der Waals surface area contributed by atoms with E-state index < -0.39 is 0 Å². The van der Waals surface area contributed by atoms with E-state index in [1.165, 1.54) is 0 Å². The van der Waals surface area contributed by atoms with Crippen LogP contribution in [0, 0.1) is 0 Å². The van der Waals surface area contributed by atoms with Gasteiger partial charge >= 0.3 is 0 Å². The van der Waals surface area contributed by atoms with Crippen LogP contribution >= 0.6 is 0 Å². The number of benzene rings is 6. The Labute approximate surface area is 310 Å². The van der Waals surface area contributed by atoms with Crippen LogP contribution in [0.1, 0.15) is 18.1 Å². The molecule has 0 bridgehead atoms. The zero-order chi connectivity index (χ0) is 36.0. The summed E-state index contributed by atoms with van der Waals surface area (Å²) in [7, 11) is 0. The Hall–Kier alpha value is -7.04. The summed E-state index contributed by atoms with van der Waals surface area (Å²) in [5.74, 6) is 1.35. The molecule has 2 heterocycles. The van der Waals surface area contributed by atoms with Crippen LogP contribution in [0.5, 0.6) is 0 Å². The van der Waals surface area contributed by atoms with Crippen LogP contribution in [-0.4, -0.2) is 19.9 Å². The molecule has 0 unspecified atom stereocenters. The molecule has 0 amide bonds. The molecule has 2 aromatic heterocycles. The average Bonchev–Trinajstić information content (AvgIpc) is 3.24. The van der Waals surface area contributed by atoms with Crippen molar-refractivity contribution >= 4 is 11.1 Å². The molecule has 4 nitrogen and oxygen atoms in total. The third-order valence-electron chi connectivity index (χ3n) is 9.19. The number of hydrogen-bond donors (Lipinski definition) is 0. The lowest BCUT2D eigenvalue weighted by atomic mass is 9.98. The number of allylic oxidation sites excluding steroid dienone is 3. The molecule has 0 N–H and O–H groups in total. The molecular weight excluding hydrogens is 645 g/mol. The van der Waals surface area contributed by atoms with Crippen molar-refractivity contribution in [2.75, 3.05) is 0 Å². The number of aromatic nitrogens is 4. The third-order valence-corrected chi connectivity index (χ3v) is 9.19. The molecule has 8 rings (SSSR count). The van der Waals surface area contributed by atoms with Gasteiger partial charge in [-0.05, 0) is 53.5 Å². The molecular formula is C49H36N4. The number of nitrogens with zero attached hydrogens (tertiary/aromatic N) is 4. The van der Waals surface area contributed by atoms with E-state index in [1.807, 2.05) is 78.9 Å². The Morgan fingerprint density at radius 1 is 0.377 bits per heavy atom. The summed E-state index contributed by atoms with van der Waals surface area (Å²) < 4.78 is 0. The van der Waals surface area contributed by atoms with E-state index in [1.54, 1.807) is 0 Å². The van der Waals surface area contributed by atoms with E-state index in [0.29, 0.717) is 11.6 Å². The topological polar surface area (TPSA) is 51.6 Å². The van der Waals surface area contributed by atoms with Crippen molar-refractivity contribution in [2.45, 2.75) is 6.92 Å². The Kier molecular flexibility index (Phi) is 9.41. The lowest BCUT2D eigenvalue weighted by Gasteiger charge is -2.12. The minimum atomic E-state index is 0.667. The van der Waals surface area contributed by atoms with Crippen molar-refractivity contribution in [2.24, 2.45) is 0 Å². The van der Waals surface area contributed by atoms with Crippen molar-refractivity contribution in [3.05, 3.63) is 206 Å². The Morgan fingerprint density at radius 2 is 0.698 bits per heavy atom. The van der Waals surface area contributed by atoms with Gasteiger partial charge in [-0.1, -0.05) is 170 Å². The lowest BCUT2D eigenvalue weighted by Crippen LogP contribution is -1.96. The van der Waals surface area contributed by atoms with Gasteiger partial charge in [-0.15, -0.1) is 0 Å². The van der Waals surface area contributed by atoms with E-state index in [9.17, 15) is 0 Å². The smallest absolute Gasteiger partial charge is 0.160 e. The first-order valence-corrected chi connectivity index (χ1v) is 17.7. The number of hydrogen-bond acceptors (Lipinski definition) is 4. The quantitative estimate of drug-likeness (QED) is 0.142. The summed E-state index contributed by atoms with van der Waals surface area (Å²) in [6.07, 6.45) is 2.13. The predicted octanol–water partition coefficient (Wildman–Crippen LogP) is 12.4. The van der Waals surface area contributed by atoms with Gasteiger partial charge in [-0.25, -0.2) is 19.9 Å². The van der Waals surface area contributed by atoms with E-state index in [-0.39, 0.29) is 0 Å². The molecule has 0 radical (unpaired) electrons. The molecule has 0 aliphatic heterocycles.